The second-order valence-electron chi connectivity index (χ2n) is 1.19. The first-order valence-corrected chi connectivity index (χ1v) is 1.90. The molecule has 0 rings (SSSR count). The number of rotatable bonds is 2. The van der Waals surface area contributed by atoms with Crippen LogP contribution in [0.2, 0.25) is 0 Å². The first-order valence-electron chi connectivity index (χ1n) is 1.90. The zero-order chi connectivity index (χ0) is 5.86. The molecule has 7 heavy (non-hydrogen) atoms. The molecule has 0 heterocycles. The summed E-state index contributed by atoms with van der Waals surface area (Å²) in [6.07, 6.45) is 1.41. The molecule has 0 aliphatic rings. The Morgan fingerprint density at radius 3 is 2.29 bits per heavy atom. The molecule has 0 aliphatic heterocycles. The third kappa shape index (κ3) is 2.00. The summed E-state index contributed by atoms with van der Waals surface area (Å²) in [5, 5.41) is 10.8. The fraction of sp³-hybridized carbons (Fsp3) is 0.200. The van der Waals surface area contributed by atoms with Crippen LogP contribution >= 0.6 is 0 Å². The molecule has 0 amide bonds. The molecule has 0 bridgehead atoms. The van der Waals surface area contributed by atoms with Crippen LogP contribution in [0.3, 0.4) is 0 Å². The van der Waals surface area contributed by atoms with Crippen LogP contribution in [-0.2, 0) is 0 Å². The van der Waals surface area contributed by atoms with E-state index >= 15 is 0 Å². The van der Waals surface area contributed by atoms with Crippen molar-refractivity contribution >= 4 is 0 Å². The van der Waals surface area contributed by atoms with Gasteiger partial charge in [-0.25, -0.2) is 0 Å². The minimum Gasteiger partial charge on any atom is -0.758 e. The summed E-state index contributed by atoms with van der Waals surface area (Å²) in [5.41, 5.74) is 0.389. The SMILES string of the molecule is C=CC(=C)N(C)[O-]. The highest BCUT2D eigenvalue weighted by atomic mass is 16.5. The number of hydroxylamine groups is 2. The zero-order valence-corrected chi connectivity index (χ0v) is 4.35. The minimum absolute atomic E-state index is 0.389. The molecule has 0 aromatic rings. The molecule has 0 saturated carbocycles. The van der Waals surface area contributed by atoms with E-state index in [9.17, 15) is 5.21 Å². The van der Waals surface area contributed by atoms with Crippen molar-refractivity contribution in [2.24, 2.45) is 0 Å². The fourth-order valence-corrected chi connectivity index (χ4v) is 0.129. The van der Waals surface area contributed by atoms with Gasteiger partial charge in [-0.3, -0.25) is 0 Å². The summed E-state index contributed by atoms with van der Waals surface area (Å²) in [6.45, 7) is 6.71. The van der Waals surface area contributed by atoms with Gasteiger partial charge in [0.2, 0.25) is 0 Å². The average molecular weight is 98.1 g/mol. The van der Waals surface area contributed by atoms with Gasteiger partial charge in [-0.2, -0.15) is 0 Å². The smallest absolute Gasteiger partial charge is 0.0178 e. The third-order valence-electron chi connectivity index (χ3n) is 0.640. The Hall–Kier alpha value is -0.760. The Kier molecular flexibility index (Phi) is 2.16. The van der Waals surface area contributed by atoms with Crippen LogP contribution in [0.25, 0.3) is 0 Å². The second-order valence-corrected chi connectivity index (χ2v) is 1.19. The molecule has 0 spiro atoms. The van der Waals surface area contributed by atoms with Crippen molar-refractivity contribution in [3.05, 3.63) is 30.1 Å². The maximum absolute atomic E-state index is 10.1. The molecule has 0 unspecified atom stereocenters. The predicted molar refractivity (Wildman–Crippen MR) is 30.5 cm³/mol. The van der Waals surface area contributed by atoms with Gasteiger partial charge in [0.05, 0.1) is 0 Å². The van der Waals surface area contributed by atoms with Gasteiger partial charge >= 0.3 is 0 Å². The highest BCUT2D eigenvalue weighted by molar-refractivity contribution is 5.08. The molecule has 0 saturated heterocycles. The van der Waals surface area contributed by atoms with Gasteiger partial charge in [-0.15, -0.1) is 0 Å². The lowest BCUT2D eigenvalue weighted by Gasteiger charge is -2.24. The van der Waals surface area contributed by atoms with Crippen LogP contribution in [-0.4, -0.2) is 12.1 Å². The lowest BCUT2D eigenvalue weighted by molar-refractivity contribution is 0.596. The average Bonchev–Trinajstić information content (AvgIpc) is 1.65. The molecular weight excluding hydrogens is 90.1 g/mol. The maximum Gasteiger partial charge on any atom is 0.0178 e. The van der Waals surface area contributed by atoms with Crippen molar-refractivity contribution in [2.75, 3.05) is 7.05 Å². The van der Waals surface area contributed by atoms with Crippen molar-refractivity contribution in [1.82, 2.24) is 5.06 Å². The number of allylic oxidation sites excluding steroid dienone is 1. The molecule has 0 N–H and O–H groups in total. The second kappa shape index (κ2) is 2.42. The normalized spacial score (nSPS) is 7.71. The van der Waals surface area contributed by atoms with E-state index in [0.717, 1.165) is 0 Å². The highest BCUT2D eigenvalue weighted by Crippen LogP contribution is 1.92. The first kappa shape index (κ1) is 6.24. The van der Waals surface area contributed by atoms with Crippen LogP contribution in [0.1, 0.15) is 0 Å². The van der Waals surface area contributed by atoms with Crippen molar-refractivity contribution in [2.45, 2.75) is 0 Å². The summed E-state index contributed by atoms with van der Waals surface area (Å²) in [4.78, 5) is 0. The summed E-state index contributed by atoms with van der Waals surface area (Å²) >= 11 is 0. The van der Waals surface area contributed by atoms with Crippen LogP contribution in [0.15, 0.2) is 24.9 Å². The Balaban J connectivity index is 3.56. The van der Waals surface area contributed by atoms with Gasteiger partial charge in [0.1, 0.15) is 0 Å². The van der Waals surface area contributed by atoms with E-state index in [1.807, 2.05) is 0 Å². The third-order valence-corrected chi connectivity index (χ3v) is 0.640. The summed E-state index contributed by atoms with van der Waals surface area (Å²) in [5.74, 6) is 0. The molecule has 0 aromatic heterocycles. The molecule has 0 aliphatic carbocycles. The van der Waals surface area contributed by atoms with Gasteiger partial charge < -0.3 is 10.3 Å². The maximum atomic E-state index is 10.1. The quantitative estimate of drug-likeness (QED) is 0.382. The molecule has 0 fully saturated rings. The molecule has 2 nitrogen and oxygen atoms in total. The first-order chi connectivity index (χ1) is 3.18. The number of hydrogen-bond donors (Lipinski definition) is 0. The van der Waals surface area contributed by atoms with Gasteiger partial charge in [-0.05, 0) is 13.1 Å². The van der Waals surface area contributed by atoms with Gasteiger partial charge in [0, 0.05) is 5.70 Å². The van der Waals surface area contributed by atoms with E-state index in [4.69, 9.17) is 0 Å². The monoisotopic (exact) mass is 98.1 g/mol. The van der Waals surface area contributed by atoms with E-state index in [-0.39, 0.29) is 0 Å². The van der Waals surface area contributed by atoms with Crippen molar-refractivity contribution in [3.8, 4) is 0 Å². The molecule has 2 heteroatoms. The predicted octanol–water partition coefficient (Wildman–Crippen LogP) is 1.12. The zero-order valence-electron chi connectivity index (χ0n) is 4.35. The Morgan fingerprint density at radius 2 is 2.29 bits per heavy atom. The summed E-state index contributed by atoms with van der Waals surface area (Å²) < 4.78 is 0. The van der Waals surface area contributed by atoms with Crippen LogP contribution in [0.5, 0.6) is 0 Å². The summed E-state index contributed by atoms with van der Waals surface area (Å²) in [6, 6.07) is 0. The van der Waals surface area contributed by atoms with Crippen molar-refractivity contribution < 1.29 is 0 Å². The van der Waals surface area contributed by atoms with Crippen LogP contribution in [0, 0.1) is 5.21 Å². The van der Waals surface area contributed by atoms with Crippen molar-refractivity contribution in [1.29, 1.82) is 0 Å². The summed E-state index contributed by atoms with van der Waals surface area (Å²) in [7, 11) is 1.38. The molecule has 0 atom stereocenters. The molecular formula is C5H8NO-. The fourth-order valence-electron chi connectivity index (χ4n) is 0.129. The van der Waals surface area contributed by atoms with E-state index in [0.29, 0.717) is 10.8 Å². The number of likely N-dealkylation sites (N-methyl/N-ethyl adjacent to an activating group) is 1. The number of hydrogen-bond acceptors (Lipinski definition) is 2. The lowest BCUT2D eigenvalue weighted by Crippen LogP contribution is -2.03. The Bertz CT molecular complexity index is 86.1. The topological polar surface area (TPSA) is 26.3 Å². The van der Waals surface area contributed by atoms with E-state index < -0.39 is 0 Å². The van der Waals surface area contributed by atoms with E-state index in [2.05, 4.69) is 13.2 Å². The van der Waals surface area contributed by atoms with Gasteiger partial charge in [0.25, 0.3) is 0 Å². The molecule has 0 radical (unpaired) electrons. The van der Waals surface area contributed by atoms with Crippen LogP contribution < -0.4 is 0 Å². The molecule has 40 valence electrons. The largest absolute Gasteiger partial charge is 0.758 e. The minimum atomic E-state index is 0.389. The van der Waals surface area contributed by atoms with Gasteiger partial charge in [0.15, 0.2) is 0 Å². The van der Waals surface area contributed by atoms with E-state index in [1.54, 1.807) is 0 Å². The Morgan fingerprint density at radius 1 is 1.86 bits per heavy atom. The number of nitrogens with zero attached hydrogens (tertiary/aromatic N) is 1. The molecule has 0 aromatic carbocycles. The lowest BCUT2D eigenvalue weighted by atomic mass is 10.5. The van der Waals surface area contributed by atoms with Gasteiger partial charge in [-0.1, -0.05) is 13.2 Å². The van der Waals surface area contributed by atoms with Crippen molar-refractivity contribution in [3.63, 3.8) is 0 Å². The standard InChI is InChI=1S/C5H8NO/c1-4-5(2)6(3)7/h4H,1-2H2,3H3/q-1. The Labute approximate surface area is 43.3 Å². The van der Waals surface area contributed by atoms with Crippen LogP contribution in [0.4, 0.5) is 0 Å². The highest BCUT2D eigenvalue weighted by Gasteiger charge is 1.76. The van der Waals surface area contributed by atoms with E-state index in [1.165, 1.54) is 13.1 Å².